The Morgan fingerprint density at radius 3 is 2.76 bits per heavy atom. The Balaban J connectivity index is 1.87. The summed E-state index contributed by atoms with van der Waals surface area (Å²) in [5.74, 6) is 0. The van der Waals surface area contributed by atoms with Gasteiger partial charge in [0.1, 0.15) is 0 Å². The van der Waals surface area contributed by atoms with Crippen molar-refractivity contribution in [1.82, 2.24) is 15.2 Å². The molecule has 0 radical (unpaired) electrons. The van der Waals surface area contributed by atoms with E-state index in [1.165, 1.54) is 23.5 Å². The number of thiazole rings is 1. The lowest BCUT2D eigenvalue weighted by Crippen LogP contribution is -2.49. The molecule has 3 rings (SSSR count). The zero-order chi connectivity index (χ0) is 15.0. The number of morpholine rings is 1. The smallest absolute Gasteiger partial charge is 0.0982 e. The lowest BCUT2D eigenvalue weighted by Gasteiger charge is -2.40. The molecule has 0 aromatic carbocycles. The third kappa shape index (κ3) is 3.31. The molecule has 2 unspecified atom stereocenters. The van der Waals surface area contributed by atoms with Gasteiger partial charge in [-0.05, 0) is 19.9 Å². The number of nitrogens with one attached hydrogen (secondary N) is 1. The van der Waals surface area contributed by atoms with Crippen LogP contribution in [0.1, 0.15) is 50.4 Å². The van der Waals surface area contributed by atoms with Crippen molar-refractivity contribution in [3.8, 4) is 0 Å². The second kappa shape index (κ2) is 5.95. The molecule has 0 spiro atoms. The molecule has 1 aromatic rings. The Labute approximate surface area is 131 Å². The van der Waals surface area contributed by atoms with Gasteiger partial charge in [-0.2, -0.15) is 0 Å². The average Bonchev–Trinajstić information content (AvgIpc) is 3.15. The van der Waals surface area contributed by atoms with Gasteiger partial charge < -0.3 is 10.1 Å². The number of hydrogen-bond acceptors (Lipinski definition) is 5. The highest BCUT2D eigenvalue weighted by atomic mass is 32.1. The lowest BCUT2D eigenvalue weighted by molar-refractivity contribution is -0.0752. The van der Waals surface area contributed by atoms with Gasteiger partial charge in [0.15, 0.2) is 0 Å². The van der Waals surface area contributed by atoms with Crippen LogP contribution in [0.3, 0.4) is 0 Å². The van der Waals surface area contributed by atoms with Gasteiger partial charge in [-0.3, -0.25) is 4.90 Å². The standard InChI is InChI=1S/C16H27N3OS/c1-16(2,3)15-18-12(10-21-15)14-13(9-17-4)20-8-7-19(14)11-5-6-11/h10-11,13-14,17H,5-9H2,1-4H3. The second-order valence-corrected chi connectivity index (χ2v) is 8.07. The highest BCUT2D eigenvalue weighted by molar-refractivity contribution is 7.09. The van der Waals surface area contributed by atoms with E-state index in [-0.39, 0.29) is 11.5 Å². The van der Waals surface area contributed by atoms with Gasteiger partial charge in [0.25, 0.3) is 0 Å². The number of nitrogens with zero attached hydrogens (tertiary/aromatic N) is 2. The van der Waals surface area contributed by atoms with Crippen LogP contribution in [-0.2, 0) is 10.2 Å². The Morgan fingerprint density at radius 2 is 2.19 bits per heavy atom. The molecule has 1 saturated carbocycles. The molecule has 1 aromatic heterocycles. The maximum Gasteiger partial charge on any atom is 0.0982 e. The number of aromatic nitrogens is 1. The third-order valence-corrected chi connectivity index (χ3v) is 5.56. The fraction of sp³-hybridized carbons (Fsp3) is 0.812. The molecule has 0 bridgehead atoms. The monoisotopic (exact) mass is 309 g/mol. The first kappa shape index (κ1) is 15.4. The van der Waals surface area contributed by atoms with Crippen LogP contribution in [0.15, 0.2) is 5.38 Å². The molecule has 118 valence electrons. The van der Waals surface area contributed by atoms with Crippen molar-refractivity contribution in [3.05, 3.63) is 16.1 Å². The molecule has 1 aliphatic heterocycles. The van der Waals surface area contributed by atoms with Gasteiger partial charge in [0, 0.05) is 29.9 Å². The Morgan fingerprint density at radius 1 is 1.43 bits per heavy atom. The minimum absolute atomic E-state index is 0.126. The van der Waals surface area contributed by atoms with Gasteiger partial charge in [-0.25, -0.2) is 4.98 Å². The summed E-state index contributed by atoms with van der Waals surface area (Å²) in [6.45, 7) is 9.47. The number of ether oxygens (including phenoxy) is 1. The van der Waals surface area contributed by atoms with Crippen LogP contribution in [0.4, 0.5) is 0 Å². The largest absolute Gasteiger partial charge is 0.374 e. The molecule has 2 heterocycles. The first-order valence-corrected chi connectivity index (χ1v) is 8.86. The van der Waals surface area contributed by atoms with Crippen LogP contribution in [0, 0.1) is 0 Å². The Bertz CT molecular complexity index is 476. The van der Waals surface area contributed by atoms with Crippen molar-refractivity contribution < 1.29 is 4.74 Å². The maximum atomic E-state index is 6.05. The SMILES string of the molecule is CNCC1OCCN(C2CC2)C1c1csc(C(C)(C)C)n1. The fourth-order valence-corrected chi connectivity index (χ4v) is 4.00. The highest BCUT2D eigenvalue weighted by Gasteiger charge is 2.42. The van der Waals surface area contributed by atoms with Crippen LogP contribution < -0.4 is 5.32 Å². The van der Waals surface area contributed by atoms with E-state index in [2.05, 4.69) is 36.4 Å². The molecule has 4 nitrogen and oxygen atoms in total. The maximum absolute atomic E-state index is 6.05. The second-order valence-electron chi connectivity index (χ2n) is 7.21. The van der Waals surface area contributed by atoms with Crippen LogP contribution in [0.25, 0.3) is 0 Å². The van der Waals surface area contributed by atoms with Crippen LogP contribution in [0.2, 0.25) is 0 Å². The molecular weight excluding hydrogens is 282 g/mol. The number of likely N-dealkylation sites (N-methyl/N-ethyl adjacent to an activating group) is 1. The zero-order valence-corrected chi connectivity index (χ0v) is 14.4. The summed E-state index contributed by atoms with van der Waals surface area (Å²) in [4.78, 5) is 7.60. The van der Waals surface area contributed by atoms with E-state index in [1.807, 2.05) is 7.05 Å². The molecule has 1 aliphatic carbocycles. The molecule has 1 saturated heterocycles. The molecule has 5 heteroatoms. The first-order valence-electron chi connectivity index (χ1n) is 7.98. The summed E-state index contributed by atoms with van der Waals surface area (Å²) in [5, 5.41) is 6.75. The van der Waals surface area contributed by atoms with Crippen molar-refractivity contribution in [2.45, 2.75) is 57.2 Å². The predicted octanol–water partition coefficient (Wildman–Crippen LogP) is 2.56. The van der Waals surface area contributed by atoms with Crippen molar-refractivity contribution in [2.24, 2.45) is 0 Å². The molecule has 2 fully saturated rings. The Hall–Kier alpha value is -0.490. The van der Waals surface area contributed by atoms with Crippen LogP contribution in [0.5, 0.6) is 0 Å². The van der Waals surface area contributed by atoms with Crippen molar-refractivity contribution in [1.29, 1.82) is 0 Å². The van der Waals surface area contributed by atoms with Gasteiger partial charge >= 0.3 is 0 Å². The van der Waals surface area contributed by atoms with Gasteiger partial charge in [0.05, 0.1) is 29.5 Å². The summed E-state index contributed by atoms with van der Waals surface area (Å²) in [6, 6.07) is 1.06. The zero-order valence-electron chi connectivity index (χ0n) is 13.6. The fourth-order valence-electron chi connectivity index (χ4n) is 3.07. The topological polar surface area (TPSA) is 37.4 Å². The van der Waals surface area contributed by atoms with E-state index < -0.39 is 0 Å². The van der Waals surface area contributed by atoms with E-state index in [9.17, 15) is 0 Å². The summed E-state index contributed by atoms with van der Waals surface area (Å²) < 4.78 is 6.05. The first-order chi connectivity index (χ1) is 10.0. The van der Waals surface area contributed by atoms with Gasteiger partial charge in [0.2, 0.25) is 0 Å². The summed E-state index contributed by atoms with van der Waals surface area (Å²) >= 11 is 1.79. The normalized spacial score (nSPS) is 28.0. The average molecular weight is 309 g/mol. The summed E-state index contributed by atoms with van der Waals surface area (Å²) in [7, 11) is 2.00. The van der Waals surface area contributed by atoms with Crippen molar-refractivity contribution >= 4 is 11.3 Å². The predicted molar refractivity (Wildman–Crippen MR) is 86.9 cm³/mol. The third-order valence-electron chi connectivity index (χ3n) is 4.28. The van der Waals surface area contributed by atoms with E-state index >= 15 is 0 Å². The molecule has 2 atom stereocenters. The highest BCUT2D eigenvalue weighted by Crippen LogP contribution is 2.39. The summed E-state index contributed by atoms with van der Waals surface area (Å²) in [5.41, 5.74) is 1.33. The molecule has 1 N–H and O–H groups in total. The van der Waals surface area contributed by atoms with E-state index in [4.69, 9.17) is 9.72 Å². The van der Waals surface area contributed by atoms with E-state index in [1.54, 1.807) is 11.3 Å². The van der Waals surface area contributed by atoms with Gasteiger partial charge in [-0.1, -0.05) is 20.8 Å². The minimum atomic E-state index is 0.126. The van der Waals surface area contributed by atoms with E-state index in [0.29, 0.717) is 6.04 Å². The van der Waals surface area contributed by atoms with Crippen LogP contribution >= 0.6 is 11.3 Å². The van der Waals surface area contributed by atoms with E-state index in [0.717, 1.165) is 25.7 Å². The van der Waals surface area contributed by atoms with Crippen molar-refractivity contribution in [3.63, 3.8) is 0 Å². The molecule has 2 aliphatic rings. The minimum Gasteiger partial charge on any atom is -0.374 e. The molecule has 21 heavy (non-hydrogen) atoms. The van der Waals surface area contributed by atoms with Crippen molar-refractivity contribution in [2.75, 3.05) is 26.7 Å². The number of rotatable bonds is 4. The molecular formula is C16H27N3OS. The quantitative estimate of drug-likeness (QED) is 0.927. The number of hydrogen-bond donors (Lipinski definition) is 1. The molecule has 0 amide bonds. The Kier molecular flexibility index (Phi) is 4.37. The lowest BCUT2D eigenvalue weighted by atomic mass is 9.98. The summed E-state index contributed by atoms with van der Waals surface area (Å²) in [6.07, 6.45) is 2.87. The van der Waals surface area contributed by atoms with Crippen LogP contribution in [-0.4, -0.2) is 48.8 Å². The van der Waals surface area contributed by atoms with Gasteiger partial charge in [-0.15, -0.1) is 11.3 Å².